The fourth-order valence-electron chi connectivity index (χ4n) is 8.06. The molecule has 210 valence electrons. The average Bonchev–Trinajstić information content (AvgIpc) is 3.08. The molecule has 0 amide bonds. The standard InChI is InChI=1S/C42H37N/c1-28-14-16-32(17-15-28)41-36-10-4-6-12-38(36)42(39-13-7-5-11-37(39)41)40-23-22-33(34-8-2-3-9-35(34)40)31-20-18-29(19-21-31)30-24-26-43-27-25-30/h3-7,9-18,20,22-27,29,31,33-34H,2,8,19,21H2,1H3. The highest BCUT2D eigenvalue weighted by molar-refractivity contribution is 6.19. The Hall–Kier alpha value is -4.49. The van der Waals surface area contributed by atoms with Crippen molar-refractivity contribution in [2.24, 2.45) is 17.8 Å². The molecular formula is C42H37N. The van der Waals surface area contributed by atoms with Crippen LogP contribution in [-0.2, 0) is 0 Å². The van der Waals surface area contributed by atoms with Gasteiger partial charge >= 0.3 is 0 Å². The minimum absolute atomic E-state index is 0.508. The van der Waals surface area contributed by atoms with Gasteiger partial charge in [-0.2, -0.15) is 0 Å². The molecule has 43 heavy (non-hydrogen) atoms. The van der Waals surface area contributed by atoms with Gasteiger partial charge in [-0.3, -0.25) is 4.98 Å². The Bertz CT molecular complexity index is 1880. The van der Waals surface area contributed by atoms with Crippen LogP contribution < -0.4 is 0 Å². The number of pyridine rings is 1. The quantitative estimate of drug-likeness (QED) is 0.159. The minimum Gasteiger partial charge on any atom is -0.265 e. The molecule has 0 spiro atoms. The van der Waals surface area contributed by atoms with Gasteiger partial charge in [-0.05, 0) is 117 Å². The Balaban J connectivity index is 1.26. The van der Waals surface area contributed by atoms with Gasteiger partial charge in [0.05, 0.1) is 0 Å². The van der Waals surface area contributed by atoms with E-state index in [-0.39, 0.29) is 0 Å². The van der Waals surface area contributed by atoms with Crippen molar-refractivity contribution in [1.29, 1.82) is 0 Å². The van der Waals surface area contributed by atoms with Gasteiger partial charge in [0.1, 0.15) is 0 Å². The molecule has 1 aromatic heterocycles. The first-order chi connectivity index (χ1) is 21.3. The predicted molar refractivity (Wildman–Crippen MR) is 182 cm³/mol. The second-order valence-electron chi connectivity index (χ2n) is 12.6. The van der Waals surface area contributed by atoms with E-state index in [4.69, 9.17) is 0 Å². The van der Waals surface area contributed by atoms with Crippen LogP contribution in [0.25, 0.3) is 38.2 Å². The zero-order chi connectivity index (χ0) is 28.8. The molecule has 1 heterocycles. The van der Waals surface area contributed by atoms with Gasteiger partial charge in [-0.25, -0.2) is 0 Å². The van der Waals surface area contributed by atoms with Crippen LogP contribution >= 0.6 is 0 Å². The largest absolute Gasteiger partial charge is 0.265 e. The molecule has 0 fully saturated rings. The molecule has 8 rings (SSSR count). The van der Waals surface area contributed by atoms with E-state index in [2.05, 4.69) is 133 Å². The maximum absolute atomic E-state index is 4.22. The Morgan fingerprint density at radius 2 is 1.30 bits per heavy atom. The molecule has 0 saturated heterocycles. The molecule has 5 aromatic rings. The lowest BCUT2D eigenvalue weighted by Gasteiger charge is -2.39. The monoisotopic (exact) mass is 555 g/mol. The number of nitrogens with zero attached hydrogens (tertiary/aromatic N) is 1. The van der Waals surface area contributed by atoms with Gasteiger partial charge < -0.3 is 0 Å². The highest BCUT2D eigenvalue weighted by Gasteiger charge is 2.35. The van der Waals surface area contributed by atoms with Crippen LogP contribution in [0.15, 0.2) is 139 Å². The van der Waals surface area contributed by atoms with Crippen molar-refractivity contribution in [2.45, 2.75) is 38.5 Å². The maximum Gasteiger partial charge on any atom is 0.0270 e. The van der Waals surface area contributed by atoms with Gasteiger partial charge in [0, 0.05) is 18.3 Å². The van der Waals surface area contributed by atoms with Gasteiger partial charge in [0.2, 0.25) is 0 Å². The lowest BCUT2D eigenvalue weighted by atomic mass is 9.65. The van der Waals surface area contributed by atoms with Gasteiger partial charge in [-0.15, -0.1) is 0 Å². The molecule has 0 radical (unpaired) electrons. The molecule has 4 atom stereocenters. The number of aromatic nitrogens is 1. The van der Waals surface area contributed by atoms with Crippen LogP contribution in [0.2, 0.25) is 0 Å². The predicted octanol–water partition coefficient (Wildman–Crippen LogP) is 11.0. The van der Waals surface area contributed by atoms with Gasteiger partial charge in [0.15, 0.2) is 0 Å². The molecular weight excluding hydrogens is 518 g/mol. The maximum atomic E-state index is 4.22. The lowest BCUT2D eigenvalue weighted by Crippen LogP contribution is -2.28. The van der Waals surface area contributed by atoms with Crippen LogP contribution in [0.3, 0.4) is 0 Å². The first kappa shape index (κ1) is 26.2. The molecule has 0 saturated carbocycles. The molecule has 3 aliphatic rings. The van der Waals surface area contributed by atoms with E-state index in [1.165, 1.54) is 79.8 Å². The summed E-state index contributed by atoms with van der Waals surface area (Å²) in [6.07, 6.45) is 23.6. The van der Waals surface area contributed by atoms with Crippen molar-refractivity contribution in [1.82, 2.24) is 4.98 Å². The normalized spacial score (nSPS) is 23.2. The van der Waals surface area contributed by atoms with Crippen LogP contribution in [-0.4, -0.2) is 4.98 Å². The first-order valence-corrected chi connectivity index (χ1v) is 15.9. The Kier molecular flexibility index (Phi) is 6.67. The Labute approximate surface area is 255 Å². The van der Waals surface area contributed by atoms with E-state index < -0.39 is 0 Å². The van der Waals surface area contributed by atoms with E-state index in [0.717, 1.165) is 6.42 Å². The summed E-state index contributed by atoms with van der Waals surface area (Å²) in [5.41, 5.74) is 9.63. The van der Waals surface area contributed by atoms with Crippen LogP contribution in [0.1, 0.15) is 48.3 Å². The molecule has 0 bridgehead atoms. The van der Waals surface area contributed by atoms with Crippen LogP contribution in [0, 0.1) is 24.7 Å². The number of hydrogen-bond donors (Lipinski definition) is 0. The van der Waals surface area contributed by atoms with E-state index >= 15 is 0 Å². The fourth-order valence-corrected chi connectivity index (χ4v) is 8.06. The van der Waals surface area contributed by atoms with Crippen molar-refractivity contribution in [2.75, 3.05) is 0 Å². The minimum atomic E-state index is 0.508. The summed E-state index contributed by atoms with van der Waals surface area (Å²) in [5, 5.41) is 5.35. The highest BCUT2D eigenvalue weighted by Crippen LogP contribution is 2.50. The Morgan fingerprint density at radius 1 is 0.628 bits per heavy atom. The van der Waals surface area contributed by atoms with E-state index in [9.17, 15) is 0 Å². The smallest absolute Gasteiger partial charge is 0.0270 e. The molecule has 3 aliphatic carbocycles. The fraction of sp³-hybridized carbons (Fsp3) is 0.214. The summed E-state index contributed by atoms with van der Waals surface area (Å²) in [7, 11) is 0. The third-order valence-corrected chi connectivity index (χ3v) is 10.2. The van der Waals surface area contributed by atoms with Crippen molar-refractivity contribution in [3.05, 3.63) is 156 Å². The Morgan fingerprint density at radius 3 is 1.95 bits per heavy atom. The number of hydrogen-bond acceptors (Lipinski definition) is 1. The zero-order valence-electron chi connectivity index (χ0n) is 24.8. The zero-order valence-corrected chi connectivity index (χ0v) is 24.8. The van der Waals surface area contributed by atoms with Crippen molar-refractivity contribution in [3.8, 4) is 11.1 Å². The van der Waals surface area contributed by atoms with Gasteiger partial charge in [-0.1, -0.05) is 115 Å². The van der Waals surface area contributed by atoms with Gasteiger partial charge in [0.25, 0.3) is 0 Å². The van der Waals surface area contributed by atoms with Crippen molar-refractivity contribution >= 4 is 27.1 Å². The van der Waals surface area contributed by atoms with E-state index in [0.29, 0.717) is 23.7 Å². The number of rotatable bonds is 4. The van der Waals surface area contributed by atoms with Crippen molar-refractivity contribution in [3.63, 3.8) is 0 Å². The highest BCUT2D eigenvalue weighted by atomic mass is 14.6. The second kappa shape index (κ2) is 11.0. The van der Waals surface area contributed by atoms with E-state index in [1.54, 1.807) is 0 Å². The molecule has 0 N–H and O–H groups in total. The lowest BCUT2D eigenvalue weighted by molar-refractivity contribution is 0.311. The van der Waals surface area contributed by atoms with Crippen molar-refractivity contribution < 1.29 is 0 Å². The number of benzene rings is 4. The molecule has 4 unspecified atom stereocenters. The number of fused-ring (bicyclic) bond motifs is 3. The summed E-state index contributed by atoms with van der Waals surface area (Å²) in [6.45, 7) is 2.16. The average molecular weight is 556 g/mol. The summed E-state index contributed by atoms with van der Waals surface area (Å²) >= 11 is 0. The second-order valence-corrected chi connectivity index (χ2v) is 12.6. The third-order valence-electron chi connectivity index (χ3n) is 10.2. The van der Waals surface area contributed by atoms with Crippen LogP contribution in [0.4, 0.5) is 0 Å². The molecule has 0 aliphatic heterocycles. The molecule has 1 heteroatoms. The third kappa shape index (κ3) is 4.59. The summed E-state index contributed by atoms with van der Waals surface area (Å²) in [6, 6.07) is 31.5. The first-order valence-electron chi connectivity index (χ1n) is 15.9. The van der Waals surface area contributed by atoms with Crippen LogP contribution in [0.5, 0.6) is 0 Å². The number of aryl methyl sites for hydroxylation is 1. The SMILES string of the molecule is Cc1ccc(-c2c3ccccc3c(C3=C4C=CCCC4C(C4C=CC(c5ccncc5)CC4)C=C3)c3ccccc23)cc1. The summed E-state index contributed by atoms with van der Waals surface area (Å²) < 4.78 is 0. The summed E-state index contributed by atoms with van der Waals surface area (Å²) in [5.74, 6) is 2.18. The topological polar surface area (TPSA) is 12.9 Å². The van der Waals surface area contributed by atoms with E-state index in [1.807, 2.05) is 12.4 Å². The molecule has 4 aromatic carbocycles. The number of allylic oxidation sites excluding steroid dienone is 8. The molecule has 1 nitrogen and oxygen atoms in total. The summed E-state index contributed by atoms with van der Waals surface area (Å²) in [4.78, 5) is 4.22.